The van der Waals surface area contributed by atoms with E-state index < -0.39 is 17.5 Å². The molecule has 0 aliphatic rings. The summed E-state index contributed by atoms with van der Waals surface area (Å²) in [6.07, 6.45) is 0. The van der Waals surface area contributed by atoms with Gasteiger partial charge in [-0.25, -0.2) is 8.78 Å². The number of carbonyl (C=O) groups excluding carboxylic acids is 1. The number of fused-ring (bicyclic) bond motifs is 1. The molecule has 0 bridgehead atoms. The number of ether oxygens (including phenoxy) is 1. The second-order valence-corrected chi connectivity index (χ2v) is 6.59. The third-order valence-electron chi connectivity index (χ3n) is 4.17. The lowest BCUT2D eigenvalue weighted by Crippen LogP contribution is -2.28. The minimum Gasteiger partial charge on any atom is -0.475 e. The van der Waals surface area contributed by atoms with Gasteiger partial charge in [-0.05, 0) is 36.4 Å². The van der Waals surface area contributed by atoms with Crippen LogP contribution in [0.5, 0.6) is 5.88 Å². The number of nitrogens with one attached hydrogen (secondary N) is 1. The van der Waals surface area contributed by atoms with E-state index in [0.717, 1.165) is 12.1 Å². The third kappa shape index (κ3) is 4.06. The van der Waals surface area contributed by atoms with Crippen LogP contribution in [0.2, 0.25) is 5.02 Å². The Morgan fingerprint density at radius 2 is 1.90 bits per heavy atom. The van der Waals surface area contributed by atoms with E-state index >= 15 is 0 Å². The largest absolute Gasteiger partial charge is 0.475 e. The molecule has 0 aliphatic carbocycles. The molecule has 0 atom stereocenters. The molecule has 2 heterocycles. The summed E-state index contributed by atoms with van der Waals surface area (Å²) in [6.45, 7) is 0.245. The minimum atomic E-state index is -1.08. The molecule has 152 valence electrons. The number of nitrogens with zero attached hydrogens (tertiary/aromatic N) is 4. The van der Waals surface area contributed by atoms with Crippen molar-refractivity contribution in [3.8, 4) is 17.3 Å². The highest BCUT2D eigenvalue weighted by Crippen LogP contribution is 2.26. The van der Waals surface area contributed by atoms with Crippen LogP contribution in [-0.2, 0) is 0 Å². The summed E-state index contributed by atoms with van der Waals surface area (Å²) in [5.74, 6) is -1.88. The van der Waals surface area contributed by atoms with Crippen molar-refractivity contribution in [2.75, 3.05) is 13.2 Å². The Labute approximate surface area is 174 Å². The van der Waals surface area contributed by atoms with E-state index in [1.54, 1.807) is 18.2 Å². The quantitative estimate of drug-likeness (QED) is 0.474. The Morgan fingerprint density at radius 1 is 1.07 bits per heavy atom. The van der Waals surface area contributed by atoms with Crippen molar-refractivity contribution in [2.24, 2.45) is 0 Å². The maximum atomic E-state index is 13.2. The van der Waals surface area contributed by atoms with Crippen LogP contribution in [0.3, 0.4) is 0 Å². The summed E-state index contributed by atoms with van der Waals surface area (Å²) in [6, 6.07) is 13.4. The first-order valence-corrected chi connectivity index (χ1v) is 9.24. The van der Waals surface area contributed by atoms with E-state index in [-0.39, 0.29) is 24.6 Å². The van der Waals surface area contributed by atoms with E-state index in [9.17, 15) is 13.6 Å². The Morgan fingerprint density at radius 3 is 2.70 bits per heavy atom. The van der Waals surface area contributed by atoms with E-state index in [2.05, 4.69) is 20.6 Å². The molecule has 30 heavy (non-hydrogen) atoms. The zero-order valence-corrected chi connectivity index (χ0v) is 16.1. The first-order chi connectivity index (χ1) is 14.5. The van der Waals surface area contributed by atoms with Crippen molar-refractivity contribution in [3.63, 3.8) is 0 Å². The minimum absolute atomic E-state index is 0.0160. The number of rotatable bonds is 6. The number of hydrogen-bond acceptors (Lipinski definition) is 5. The zero-order valence-electron chi connectivity index (χ0n) is 15.3. The summed E-state index contributed by atoms with van der Waals surface area (Å²) in [5.41, 5.74) is 1.21. The molecule has 0 saturated carbocycles. The second kappa shape index (κ2) is 8.42. The van der Waals surface area contributed by atoms with Gasteiger partial charge in [0.1, 0.15) is 6.61 Å². The second-order valence-electron chi connectivity index (χ2n) is 6.18. The van der Waals surface area contributed by atoms with Crippen molar-refractivity contribution in [2.45, 2.75) is 0 Å². The molecule has 4 rings (SSSR count). The van der Waals surface area contributed by atoms with Gasteiger partial charge in [-0.15, -0.1) is 15.3 Å². The highest BCUT2D eigenvalue weighted by atomic mass is 35.5. The molecular weight excluding hydrogens is 416 g/mol. The van der Waals surface area contributed by atoms with Crippen LogP contribution in [0.1, 0.15) is 10.4 Å². The topological polar surface area (TPSA) is 81.4 Å². The fourth-order valence-corrected chi connectivity index (χ4v) is 2.94. The van der Waals surface area contributed by atoms with Gasteiger partial charge in [0, 0.05) is 17.2 Å². The number of carbonyl (C=O) groups is 1. The van der Waals surface area contributed by atoms with Crippen LogP contribution in [0.25, 0.3) is 17.0 Å². The Kier molecular flexibility index (Phi) is 5.53. The van der Waals surface area contributed by atoms with Gasteiger partial charge < -0.3 is 10.1 Å². The lowest BCUT2D eigenvalue weighted by atomic mass is 10.2. The average molecular weight is 430 g/mol. The number of hydrogen-bond donors (Lipinski definition) is 1. The number of benzene rings is 2. The fraction of sp³-hybridized carbons (Fsp3) is 0.100. The van der Waals surface area contributed by atoms with Crippen LogP contribution in [-0.4, -0.2) is 38.9 Å². The van der Waals surface area contributed by atoms with Gasteiger partial charge in [0.2, 0.25) is 5.88 Å². The molecular formula is C20H14ClF2N5O2. The monoisotopic (exact) mass is 429 g/mol. The first kappa shape index (κ1) is 19.7. The highest BCUT2D eigenvalue weighted by Gasteiger charge is 2.13. The smallest absolute Gasteiger partial charge is 0.251 e. The van der Waals surface area contributed by atoms with Gasteiger partial charge in [0.05, 0.1) is 11.6 Å². The van der Waals surface area contributed by atoms with Crippen molar-refractivity contribution >= 4 is 23.2 Å². The SMILES string of the molecule is O=C(NCCOc1ccc2nnc(-c3ccccc3Cl)n2n1)c1ccc(F)c(F)c1. The van der Waals surface area contributed by atoms with Crippen molar-refractivity contribution in [1.82, 2.24) is 25.1 Å². The van der Waals surface area contributed by atoms with Crippen LogP contribution in [0.15, 0.2) is 54.6 Å². The van der Waals surface area contributed by atoms with Crippen molar-refractivity contribution in [3.05, 3.63) is 76.8 Å². The van der Waals surface area contributed by atoms with E-state index in [1.807, 2.05) is 18.2 Å². The molecule has 4 aromatic rings. The third-order valence-corrected chi connectivity index (χ3v) is 4.50. The molecule has 7 nitrogen and oxygen atoms in total. The molecule has 0 unspecified atom stereocenters. The molecule has 0 radical (unpaired) electrons. The Balaban J connectivity index is 1.41. The highest BCUT2D eigenvalue weighted by molar-refractivity contribution is 6.33. The van der Waals surface area contributed by atoms with Gasteiger partial charge >= 0.3 is 0 Å². The van der Waals surface area contributed by atoms with Crippen LogP contribution in [0, 0.1) is 11.6 Å². The molecule has 1 N–H and O–H groups in total. The van der Waals surface area contributed by atoms with Crippen LogP contribution in [0.4, 0.5) is 8.78 Å². The summed E-state index contributed by atoms with van der Waals surface area (Å²) in [7, 11) is 0. The van der Waals surface area contributed by atoms with E-state index in [0.29, 0.717) is 22.1 Å². The van der Waals surface area contributed by atoms with Gasteiger partial charge in [-0.2, -0.15) is 4.52 Å². The van der Waals surface area contributed by atoms with Crippen LogP contribution >= 0.6 is 11.6 Å². The lowest BCUT2D eigenvalue weighted by Gasteiger charge is -2.08. The van der Waals surface area contributed by atoms with Gasteiger partial charge in [0.25, 0.3) is 5.91 Å². The zero-order chi connectivity index (χ0) is 21.1. The molecule has 0 fully saturated rings. The van der Waals surface area contributed by atoms with Gasteiger partial charge in [0.15, 0.2) is 23.1 Å². The normalized spacial score (nSPS) is 10.9. The average Bonchev–Trinajstić information content (AvgIpc) is 3.16. The molecule has 0 saturated heterocycles. The molecule has 1 amide bonds. The predicted molar refractivity (Wildman–Crippen MR) is 105 cm³/mol. The Bertz CT molecular complexity index is 1230. The van der Waals surface area contributed by atoms with E-state index in [1.165, 1.54) is 10.6 Å². The summed E-state index contributed by atoms with van der Waals surface area (Å²) < 4.78 is 33.2. The summed E-state index contributed by atoms with van der Waals surface area (Å²) in [4.78, 5) is 12.0. The standard InChI is InChI=1S/C20H14ClF2N5O2/c21-14-4-2-1-3-13(14)19-26-25-17-7-8-18(27-28(17)19)30-10-9-24-20(29)12-5-6-15(22)16(23)11-12/h1-8,11H,9-10H2,(H,24,29). The van der Waals surface area contributed by atoms with Crippen molar-refractivity contribution in [1.29, 1.82) is 0 Å². The van der Waals surface area contributed by atoms with Gasteiger partial charge in [-0.1, -0.05) is 23.7 Å². The molecule has 0 spiro atoms. The maximum absolute atomic E-state index is 13.2. The first-order valence-electron chi connectivity index (χ1n) is 8.86. The summed E-state index contributed by atoms with van der Waals surface area (Å²) in [5, 5.41) is 15.6. The Hall–Kier alpha value is -3.59. The van der Waals surface area contributed by atoms with E-state index in [4.69, 9.17) is 16.3 Å². The van der Waals surface area contributed by atoms with Crippen LogP contribution < -0.4 is 10.1 Å². The molecule has 0 aliphatic heterocycles. The summed E-state index contributed by atoms with van der Waals surface area (Å²) >= 11 is 6.23. The number of aromatic nitrogens is 4. The predicted octanol–water partition coefficient (Wildman–Crippen LogP) is 3.53. The lowest BCUT2D eigenvalue weighted by molar-refractivity contribution is 0.0946. The van der Waals surface area contributed by atoms with Crippen molar-refractivity contribution < 1.29 is 18.3 Å². The number of halogens is 3. The van der Waals surface area contributed by atoms with Gasteiger partial charge in [-0.3, -0.25) is 4.79 Å². The fourth-order valence-electron chi connectivity index (χ4n) is 2.72. The molecule has 2 aromatic carbocycles. The maximum Gasteiger partial charge on any atom is 0.251 e. The number of amides is 1. The molecule has 2 aromatic heterocycles. The molecule has 10 heteroatoms.